The molecular formula is C10H21NO. The van der Waals surface area contributed by atoms with Crippen LogP contribution in [0.2, 0.25) is 0 Å². The Kier molecular flexibility index (Phi) is 4.62. The summed E-state index contributed by atoms with van der Waals surface area (Å²) < 4.78 is 5.55. The zero-order valence-corrected chi connectivity index (χ0v) is 8.09. The second kappa shape index (κ2) is 5.55. The molecule has 0 aliphatic carbocycles. The first-order valence-corrected chi connectivity index (χ1v) is 5.18. The fourth-order valence-corrected chi connectivity index (χ4v) is 1.78. The van der Waals surface area contributed by atoms with E-state index in [2.05, 4.69) is 6.92 Å². The van der Waals surface area contributed by atoms with Crippen LogP contribution in [0.15, 0.2) is 0 Å². The summed E-state index contributed by atoms with van der Waals surface area (Å²) in [4.78, 5) is 0. The molecule has 2 atom stereocenters. The van der Waals surface area contributed by atoms with Crippen molar-refractivity contribution in [2.45, 2.75) is 45.1 Å². The summed E-state index contributed by atoms with van der Waals surface area (Å²) in [6, 6.07) is 0. The lowest BCUT2D eigenvalue weighted by Crippen LogP contribution is -2.16. The Bertz CT molecular complexity index is 104. The summed E-state index contributed by atoms with van der Waals surface area (Å²) in [6.45, 7) is 4.03. The summed E-state index contributed by atoms with van der Waals surface area (Å²) in [7, 11) is 0. The molecule has 2 unspecified atom stereocenters. The van der Waals surface area contributed by atoms with Gasteiger partial charge < -0.3 is 10.5 Å². The van der Waals surface area contributed by atoms with Crippen LogP contribution in [-0.2, 0) is 4.74 Å². The van der Waals surface area contributed by atoms with Crippen molar-refractivity contribution in [3.63, 3.8) is 0 Å². The number of ether oxygens (including phenoxy) is 1. The van der Waals surface area contributed by atoms with Crippen LogP contribution in [0.4, 0.5) is 0 Å². The Balaban J connectivity index is 2.06. The Morgan fingerprint density at radius 3 is 2.92 bits per heavy atom. The van der Waals surface area contributed by atoms with Gasteiger partial charge in [-0.05, 0) is 38.1 Å². The Labute approximate surface area is 75.5 Å². The van der Waals surface area contributed by atoms with E-state index in [-0.39, 0.29) is 0 Å². The van der Waals surface area contributed by atoms with E-state index < -0.39 is 0 Å². The van der Waals surface area contributed by atoms with Gasteiger partial charge >= 0.3 is 0 Å². The number of hydrogen-bond acceptors (Lipinski definition) is 2. The van der Waals surface area contributed by atoms with E-state index in [1.165, 1.54) is 32.1 Å². The molecule has 0 amide bonds. The molecule has 1 rings (SSSR count). The highest BCUT2D eigenvalue weighted by Crippen LogP contribution is 2.20. The fourth-order valence-electron chi connectivity index (χ4n) is 1.78. The molecule has 0 spiro atoms. The van der Waals surface area contributed by atoms with Gasteiger partial charge in [-0.2, -0.15) is 0 Å². The molecule has 1 saturated heterocycles. The Morgan fingerprint density at radius 2 is 2.42 bits per heavy atom. The minimum absolute atomic E-state index is 0.547. The van der Waals surface area contributed by atoms with Crippen molar-refractivity contribution in [3.05, 3.63) is 0 Å². The SMILES string of the molecule is CCC(CN)CCC1CCCO1. The first-order valence-electron chi connectivity index (χ1n) is 5.18. The highest BCUT2D eigenvalue weighted by Gasteiger charge is 2.16. The largest absolute Gasteiger partial charge is 0.378 e. The maximum Gasteiger partial charge on any atom is 0.0576 e. The van der Waals surface area contributed by atoms with E-state index in [9.17, 15) is 0 Å². The standard InChI is InChI=1S/C10H21NO/c1-2-9(8-11)5-6-10-4-3-7-12-10/h9-10H,2-8,11H2,1H3. The first-order chi connectivity index (χ1) is 5.86. The number of nitrogens with two attached hydrogens (primary N) is 1. The normalized spacial score (nSPS) is 26.0. The monoisotopic (exact) mass is 171 g/mol. The van der Waals surface area contributed by atoms with Crippen LogP contribution in [0, 0.1) is 5.92 Å². The topological polar surface area (TPSA) is 35.2 Å². The number of hydrogen-bond donors (Lipinski definition) is 1. The van der Waals surface area contributed by atoms with Crippen molar-refractivity contribution in [2.24, 2.45) is 11.7 Å². The third kappa shape index (κ3) is 3.11. The van der Waals surface area contributed by atoms with Crippen LogP contribution in [0.1, 0.15) is 39.0 Å². The summed E-state index contributed by atoms with van der Waals surface area (Å²) in [5.74, 6) is 0.717. The van der Waals surface area contributed by atoms with Gasteiger partial charge in [0, 0.05) is 6.61 Å². The second-order valence-electron chi connectivity index (χ2n) is 3.72. The summed E-state index contributed by atoms with van der Waals surface area (Å²) in [5.41, 5.74) is 5.63. The lowest BCUT2D eigenvalue weighted by molar-refractivity contribution is 0.0982. The van der Waals surface area contributed by atoms with E-state index in [0.717, 1.165) is 13.2 Å². The average Bonchev–Trinajstić information content (AvgIpc) is 2.59. The molecule has 1 fully saturated rings. The third-order valence-electron chi connectivity index (χ3n) is 2.83. The molecule has 0 saturated carbocycles. The van der Waals surface area contributed by atoms with Gasteiger partial charge in [-0.25, -0.2) is 0 Å². The van der Waals surface area contributed by atoms with Crippen molar-refractivity contribution in [2.75, 3.05) is 13.2 Å². The maximum absolute atomic E-state index is 5.63. The quantitative estimate of drug-likeness (QED) is 0.686. The second-order valence-corrected chi connectivity index (χ2v) is 3.72. The molecule has 0 aromatic carbocycles. The third-order valence-corrected chi connectivity index (χ3v) is 2.83. The van der Waals surface area contributed by atoms with E-state index in [1.54, 1.807) is 0 Å². The van der Waals surface area contributed by atoms with Gasteiger partial charge in [0.15, 0.2) is 0 Å². The predicted molar refractivity (Wildman–Crippen MR) is 51.0 cm³/mol. The van der Waals surface area contributed by atoms with Crippen LogP contribution in [0.25, 0.3) is 0 Å². The van der Waals surface area contributed by atoms with Gasteiger partial charge in [0.1, 0.15) is 0 Å². The maximum atomic E-state index is 5.63. The molecule has 72 valence electrons. The molecule has 1 aliphatic heterocycles. The predicted octanol–water partition coefficient (Wildman–Crippen LogP) is 1.93. The molecule has 2 N–H and O–H groups in total. The van der Waals surface area contributed by atoms with Gasteiger partial charge in [0.2, 0.25) is 0 Å². The summed E-state index contributed by atoms with van der Waals surface area (Å²) in [6.07, 6.45) is 6.74. The van der Waals surface area contributed by atoms with E-state index in [4.69, 9.17) is 10.5 Å². The van der Waals surface area contributed by atoms with Gasteiger partial charge in [-0.3, -0.25) is 0 Å². The molecular weight excluding hydrogens is 150 g/mol. The Morgan fingerprint density at radius 1 is 1.58 bits per heavy atom. The molecule has 2 heteroatoms. The molecule has 0 bridgehead atoms. The zero-order valence-electron chi connectivity index (χ0n) is 8.09. The van der Waals surface area contributed by atoms with Gasteiger partial charge in [0.05, 0.1) is 6.10 Å². The van der Waals surface area contributed by atoms with E-state index >= 15 is 0 Å². The molecule has 0 radical (unpaired) electrons. The van der Waals surface area contributed by atoms with Crippen molar-refractivity contribution >= 4 is 0 Å². The first kappa shape index (κ1) is 10.0. The minimum atomic E-state index is 0.547. The zero-order chi connectivity index (χ0) is 8.81. The Hall–Kier alpha value is -0.0800. The minimum Gasteiger partial charge on any atom is -0.378 e. The molecule has 0 aromatic rings. The van der Waals surface area contributed by atoms with Crippen molar-refractivity contribution in [3.8, 4) is 0 Å². The van der Waals surface area contributed by atoms with Crippen LogP contribution in [-0.4, -0.2) is 19.3 Å². The van der Waals surface area contributed by atoms with Crippen LogP contribution < -0.4 is 5.73 Å². The molecule has 1 aliphatic rings. The fraction of sp³-hybridized carbons (Fsp3) is 1.00. The van der Waals surface area contributed by atoms with Crippen LogP contribution in [0.3, 0.4) is 0 Å². The molecule has 12 heavy (non-hydrogen) atoms. The number of rotatable bonds is 5. The molecule has 0 aromatic heterocycles. The highest BCUT2D eigenvalue weighted by atomic mass is 16.5. The highest BCUT2D eigenvalue weighted by molar-refractivity contribution is 4.67. The lowest BCUT2D eigenvalue weighted by atomic mass is 9.98. The summed E-state index contributed by atoms with van der Waals surface area (Å²) >= 11 is 0. The van der Waals surface area contributed by atoms with Crippen molar-refractivity contribution in [1.82, 2.24) is 0 Å². The summed E-state index contributed by atoms with van der Waals surface area (Å²) in [5, 5.41) is 0. The van der Waals surface area contributed by atoms with Gasteiger partial charge in [-0.1, -0.05) is 13.3 Å². The van der Waals surface area contributed by atoms with Crippen LogP contribution in [0.5, 0.6) is 0 Å². The average molecular weight is 171 g/mol. The lowest BCUT2D eigenvalue weighted by Gasteiger charge is -2.14. The molecule has 2 nitrogen and oxygen atoms in total. The van der Waals surface area contributed by atoms with Gasteiger partial charge in [-0.15, -0.1) is 0 Å². The smallest absolute Gasteiger partial charge is 0.0576 e. The van der Waals surface area contributed by atoms with Crippen molar-refractivity contribution in [1.29, 1.82) is 0 Å². The van der Waals surface area contributed by atoms with Gasteiger partial charge in [0.25, 0.3) is 0 Å². The molecule has 1 heterocycles. The van der Waals surface area contributed by atoms with E-state index in [1.807, 2.05) is 0 Å². The van der Waals surface area contributed by atoms with Crippen LogP contribution >= 0.6 is 0 Å². The van der Waals surface area contributed by atoms with Crippen molar-refractivity contribution < 1.29 is 4.74 Å². The van der Waals surface area contributed by atoms with E-state index in [0.29, 0.717) is 12.0 Å².